The molecule has 164 valence electrons. The van der Waals surface area contributed by atoms with Crippen LogP contribution in [0.5, 0.6) is 28.7 Å². The third-order valence-corrected chi connectivity index (χ3v) is 4.43. The minimum Gasteiger partial charge on any atom is -0.493 e. The monoisotopic (exact) mass is 483 g/mol. The van der Waals surface area contributed by atoms with Gasteiger partial charge in [0.1, 0.15) is 0 Å². The third-order valence-electron chi connectivity index (χ3n) is 3.56. The number of phosphoric acid groups is 2. The number of benzene rings is 2. The van der Waals surface area contributed by atoms with Crippen LogP contribution < -0.4 is 79.8 Å². The molecule has 0 bridgehead atoms. The van der Waals surface area contributed by atoms with Gasteiger partial charge in [0.15, 0.2) is 23.0 Å². The first kappa shape index (κ1) is 34.4. The summed E-state index contributed by atoms with van der Waals surface area (Å²) in [6.07, 6.45) is 3.12. The van der Waals surface area contributed by atoms with Gasteiger partial charge in [0, 0.05) is 0 Å². The van der Waals surface area contributed by atoms with E-state index in [0.717, 1.165) is 0 Å². The molecule has 0 amide bonds. The van der Waals surface area contributed by atoms with Gasteiger partial charge < -0.3 is 23.3 Å². The maximum atomic E-state index is 11.2. The largest absolute Gasteiger partial charge is 1.00 e. The molecule has 2 rings (SSSR count). The normalized spacial score (nSPS) is 10.9. The van der Waals surface area contributed by atoms with Crippen LogP contribution in [0.3, 0.4) is 0 Å². The predicted molar refractivity (Wildman–Crippen MR) is 107 cm³/mol. The SMILES string of the molecule is COc1ccc(/C=C\c2cc(OC)c(OC)c(OP(=O)(O)O)c2)cc1OP(=O)(O)O.[Li+].[Li+].[Li+]. The fraction of sp³-hybridized carbons (Fsp3) is 0.176. The Morgan fingerprint density at radius 2 is 1.09 bits per heavy atom. The number of phosphoric ester groups is 2. The second kappa shape index (κ2) is 14.6. The fourth-order valence-corrected chi connectivity index (χ4v) is 3.22. The fourth-order valence-electron chi connectivity index (χ4n) is 2.43. The molecular formula is C17H20Li3O11P2+3. The number of hydrogen-bond acceptors (Lipinski definition) is 7. The van der Waals surface area contributed by atoms with Crippen molar-refractivity contribution in [3.8, 4) is 28.7 Å². The zero-order valence-electron chi connectivity index (χ0n) is 19.1. The summed E-state index contributed by atoms with van der Waals surface area (Å²) < 4.78 is 47.0. The molecule has 11 nitrogen and oxygen atoms in total. The van der Waals surface area contributed by atoms with E-state index >= 15 is 0 Å². The molecular weight excluding hydrogens is 463 g/mol. The van der Waals surface area contributed by atoms with E-state index in [4.69, 9.17) is 33.8 Å². The summed E-state index contributed by atoms with van der Waals surface area (Å²) in [7, 11) is -5.69. The topological polar surface area (TPSA) is 161 Å². The average Bonchev–Trinajstić information content (AvgIpc) is 2.63. The van der Waals surface area contributed by atoms with E-state index in [-0.39, 0.29) is 85.3 Å². The van der Waals surface area contributed by atoms with E-state index < -0.39 is 15.6 Å². The van der Waals surface area contributed by atoms with Crippen LogP contribution in [-0.4, -0.2) is 40.9 Å². The molecule has 0 aliphatic carbocycles. The molecule has 4 N–H and O–H groups in total. The molecule has 33 heavy (non-hydrogen) atoms. The standard InChI is InChI=1S/C17H20O11P2.3Li/c1-24-13-7-6-11(8-14(13)27-29(18,19)20)4-5-12-9-15(25-2)17(26-3)16(10-12)28-30(21,22)23;;;/h4-10H,1-3H3,(H2,18,19,20)(H2,21,22,23);;;/q;3*+1/b5-4-;;;. The van der Waals surface area contributed by atoms with Crippen LogP contribution >= 0.6 is 15.6 Å². The maximum Gasteiger partial charge on any atom is 1.00 e. The van der Waals surface area contributed by atoms with E-state index in [0.29, 0.717) is 11.1 Å². The number of ether oxygens (including phenoxy) is 3. The zero-order chi connectivity index (χ0) is 22.5. The van der Waals surface area contributed by atoms with Crippen LogP contribution in [0.4, 0.5) is 0 Å². The molecule has 0 unspecified atom stereocenters. The molecule has 0 saturated carbocycles. The van der Waals surface area contributed by atoms with E-state index in [2.05, 4.69) is 9.05 Å². The molecule has 16 heteroatoms. The van der Waals surface area contributed by atoms with Gasteiger partial charge in [-0.15, -0.1) is 0 Å². The van der Waals surface area contributed by atoms with Crippen molar-refractivity contribution in [2.45, 2.75) is 0 Å². The van der Waals surface area contributed by atoms with E-state index in [1.54, 1.807) is 24.3 Å². The summed E-state index contributed by atoms with van der Waals surface area (Å²) in [6.45, 7) is 0. The van der Waals surface area contributed by atoms with Crippen LogP contribution in [0, 0.1) is 0 Å². The molecule has 0 fully saturated rings. The number of methoxy groups -OCH3 is 3. The first-order chi connectivity index (χ1) is 14.0. The van der Waals surface area contributed by atoms with Gasteiger partial charge in [-0.1, -0.05) is 18.2 Å². The van der Waals surface area contributed by atoms with Crippen molar-refractivity contribution in [2.75, 3.05) is 21.3 Å². The van der Waals surface area contributed by atoms with Gasteiger partial charge in [0.25, 0.3) is 0 Å². The minimum atomic E-state index is -4.85. The Morgan fingerprint density at radius 1 is 0.636 bits per heavy atom. The van der Waals surface area contributed by atoms with Crippen molar-refractivity contribution in [1.82, 2.24) is 0 Å². The van der Waals surface area contributed by atoms with Crippen LogP contribution in [0.25, 0.3) is 12.2 Å². The van der Waals surface area contributed by atoms with E-state index in [1.807, 2.05) is 0 Å². The molecule has 0 aromatic heterocycles. The second-order valence-corrected chi connectivity index (χ2v) is 7.99. The predicted octanol–water partition coefficient (Wildman–Crippen LogP) is -6.16. The summed E-state index contributed by atoms with van der Waals surface area (Å²) in [5.74, 6) is -0.0991. The maximum absolute atomic E-state index is 11.2. The summed E-state index contributed by atoms with van der Waals surface area (Å²) in [5.41, 5.74) is 0.927. The molecule has 0 spiro atoms. The van der Waals surface area contributed by atoms with Crippen molar-refractivity contribution >= 4 is 27.8 Å². The van der Waals surface area contributed by atoms with Gasteiger partial charge in [-0.2, -0.15) is 0 Å². The smallest absolute Gasteiger partial charge is 0.493 e. The van der Waals surface area contributed by atoms with Crippen LogP contribution in [-0.2, 0) is 9.13 Å². The Hall–Kier alpha value is -0.728. The Labute approximate surface area is 226 Å². The van der Waals surface area contributed by atoms with Crippen molar-refractivity contribution in [3.05, 3.63) is 41.5 Å². The number of hydrogen-bond donors (Lipinski definition) is 4. The molecule has 2 aromatic rings. The zero-order valence-corrected chi connectivity index (χ0v) is 20.9. The van der Waals surface area contributed by atoms with Gasteiger partial charge in [0.05, 0.1) is 21.3 Å². The van der Waals surface area contributed by atoms with Crippen molar-refractivity contribution < 1.29 is 109 Å². The van der Waals surface area contributed by atoms with Gasteiger partial charge in [-0.05, 0) is 35.4 Å². The van der Waals surface area contributed by atoms with Crippen molar-refractivity contribution in [3.63, 3.8) is 0 Å². The van der Waals surface area contributed by atoms with E-state index in [9.17, 15) is 9.13 Å². The van der Waals surface area contributed by atoms with Crippen LogP contribution in [0.2, 0.25) is 0 Å². The van der Waals surface area contributed by atoms with Gasteiger partial charge in [-0.3, -0.25) is 19.6 Å². The number of rotatable bonds is 9. The van der Waals surface area contributed by atoms with Gasteiger partial charge >= 0.3 is 72.2 Å². The Kier molecular flexibility index (Phi) is 15.3. The minimum absolute atomic E-state index is 0. The van der Waals surface area contributed by atoms with Crippen molar-refractivity contribution in [2.24, 2.45) is 0 Å². The van der Waals surface area contributed by atoms with Crippen LogP contribution in [0.1, 0.15) is 11.1 Å². The molecule has 0 atom stereocenters. The summed E-state index contributed by atoms with van der Waals surface area (Å²) in [6, 6.07) is 7.28. The summed E-state index contributed by atoms with van der Waals surface area (Å²) in [4.78, 5) is 36.3. The quantitative estimate of drug-likeness (QED) is 0.153. The van der Waals surface area contributed by atoms with Crippen molar-refractivity contribution in [1.29, 1.82) is 0 Å². The average molecular weight is 483 g/mol. The first-order valence-corrected chi connectivity index (χ1v) is 11.1. The Balaban J connectivity index is 0. The molecule has 0 aliphatic rings. The first-order valence-electron chi connectivity index (χ1n) is 8.08. The Bertz CT molecular complexity index is 1040. The Morgan fingerprint density at radius 3 is 1.58 bits per heavy atom. The van der Waals surface area contributed by atoms with E-state index in [1.165, 1.54) is 39.5 Å². The molecule has 0 radical (unpaired) electrons. The molecule has 0 aliphatic heterocycles. The van der Waals surface area contributed by atoms with Gasteiger partial charge in [0.2, 0.25) is 5.75 Å². The van der Waals surface area contributed by atoms with Crippen LogP contribution in [0.15, 0.2) is 30.3 Å². The molecule has 2 aromatic carbocycles. The van der Waals surface area contributed by atoms with Gasteiger partial charge in [-0.25, -0.2) is 9.13 Å². The summed E-state index contributed by atoms with van der Waals surface area (Å²) >= 11 is 0. The molecule has 0 heterocycles. The third kappa shape index (κ3) is 11.0. The molecule has 0 saturated heterocycles. The summed E-state index contributed by atoms with van der Waals surface area (Å²) in [5, 5.41) is 0. The second-order valence-electron chi connectivity index (χ2n) is 5.66.